The minimum atomic E-state index is 0.0609. The highest BCUT2D eigenvalue weighted by Gasteiger charge is 2.13. The standard InChI is InChI=1S/C17H24N2O2/c1-3-4-8-16-14(12-19-11-10-17(20)18-2)13-7-5-6-9-15(13)21-16/h5-7,9,19H,3-4,8,10-12H2,1-2H3,(H,18,20). The average molecular weight is 288 g/mol. The van der Waals surface area contributed by atoms with Gasteiger partial charge in [-0.2, -0.15) is 0 Å². The summed E-state index contributed by atoms with van der Waals surface area (Å²) in [5.41, 5.74) is 2.18. The van der Waals surface area contributed by atoms with Gasteiger partial charge >= 0.3 is 0 Å². The summed E-state index contributed by atoms with van der Waals surface area (Å²) in [6, 6.07) is 8.15. The Bertz CT molecular complexity index is 589. The summed E-state index contributed by atoms with van der Waals surface area (Å²) in [6.07, 6.45) is 3.75. The van der Waals surface area contributed by atoms with Crippen LogP contribution in [0.15, 0.2) is 28.7 Å². The molecule has 0 aliphatic heterocycles. The molecule has 1 amide bonds. The van der Waals surface area contributed by atoms with Crippen LogP contribution in [-0.4, -0.2) is 19.5 Å². The van der Waals surface area contributed by atoms with Gasteiger partial charge in [0.2, 0.25) is 5.91 Å². The van der Waals surface area contributed by atoms with Crippen molar-refractivity contribution in [3.8, 4) is 0 Å². The molecule has 0 radical (unpaired) electrons. The van der Waals surface area contributed by atoms with Crippen LogP contribution >= 0.6 is 0 Å². The zero-order valence-electron chi connectivity index (χ0n) is 12.9. The van der Waals surface area contributed by atoms with E-state index in [9.17, 15) is 4.79 Å². The second-order valence-corrected chi connectivity index (χ2v) is 5.20. The fraction of sp³-hybridized carbons (Fsp3) is 0.471. The molecule has 0 unspecified atom stereocenters. The van der Waals surface area contributed by atoms with E-state index in [1.54, 1.807) is 7.05 Å². The minimum Gasteiger partial charge on any atom is -0.461 e. The molecule has 2 N–H and O–H groups in total. The molecule has 2 aromatic rings. The molecular formula is C17H24N2O2. The van der Waals surface area contributed by atoms with E-state index in [0.29, 0.717) is 13.0 Å². The van der Waals surface area contributed by atoms with Crippen molar-refractivity contribution in [1.29, 1.82) is 0 Å². The predicted molar refractivity (Wildman–Crippen MR) is 85.2 cm³/mol. The van der Waals surface area contributed by atoms with E-state index in [0.717, 1.165) is 37.2 Å². The van der Waals surface area contributed by atoms with Crippen molar-refractivity contribution < 1.29 is 9.21 Å². The second kappa shape index (κ2) is 7.84. The molecule has 1 heterocycles. The monoisotopic (exact) mass is 288 g/mol. The van der Waals surface area contributed by atoms with Gasteiger partial charge in [0.1, 0.15) is 11.3 Å². The highest BCUT2D eigenvalue weighted by atomic mass is 16.3. The lowest BCUT2D eigenvalue weighted by Crippen LogP contribution is -2.24. The highest BCUT2D eigenvalue weighted by molar-refractivity contribution is 5.82. The molecule has 4 nitrogen and oxygen atoms in total. The number of benzene rings is 1. The Morgan fingerprint density at radius 3 is 2.86 bits per heavy atom. The molecule has 1 aromatic carbocycles. The molecule has 2 rings (SSSR count). The van der Waals surface area contributed by atoms with Gasteiger partial charge in [-0.1, -0.05) is 31.5 Å². The van der Waals surface area contributed by atoms with Crippen LogP contribution in [0.25, 0.3) is 11.0 Å². The van der Waals surface area contributed by atoms with E-state index < -0.39 is 0 Å². The number of para-hydroxylation sites is 1. The quantitative estimate of drug-likeness (QED) is 0.734. The lowest BCUT2D eigenvalue weighted by Gasteiger charge is -2.05. The van der Waals surface area contributed by atoms with Crippen LogP contribution in [0.2, 0.25) is 0 Å². The zero-order chi connectivity index (χ0) is 15.1. The average Bonchev–Trinajstić information content (AvgIpc) is 2.87. The Morgan fingerprint density at radius 1 is 1.29 bits per heavy atom. The van der Waals surface area contributed by atoms with Crippen molar-refractivity contribution >= 4 is 16.9 Å². The number of carbonyl (C=O) groups excluding carboxylic acids is 1. The number of rotatable bonds is 8. The topological polar surface area (TPSA) is 54.3 Å². The first kappa shape index (κ1) is 15.6. The molecule has 114 valence electrons. The summed E-state index contributed by atoms with van der Waals surface area (Å²) in [5, 5.41) is 7.15. The van der Waals surface area contributed by atoms with Crippen LogP contribution in [0.3, 0.4) is 0 Å². The van der Waals surface area contributed by atoms with Crippen LogP contribution < -0.4 is 10.6 Å². The van der Waals surface area contributed by atoms with Crippen molar-refractivity contribution in [3.05, 3.63) is 35.6 Å². The van der Waals surface area contributed by atoms with Gasteiger partial charge in [0, 0.05) is 43.9 Å². The lowest BCUT2D eigenvalue weighted by atomic mass is 10.1. The van der Waals surface area contributed by atoms with Crippen LogP contribution in [-0.2, 0) is 17.8 Å². The van der Waals surface area contributed by atoms with Gasteiger partial charge in [-0.15, -0.1) is 0 Å². The third-order valence-corrected chi connectivity index (χ3v) is 3.65. The van der Waals surface area contributed by atoms with Crippen molar-refractivity contribution in [3.63, 3.8) is 0 Å². The summed E-state index contributed by atoms with van der Waals surface area (Å²) in [5.74, 6) is 1.14. The first-order valence-electron chi connectivity index (χ1n) is 7.66. The Labute approximate surface area is 125 Å². The molecule has 4 heteroatoms. The maximum absolute atomic E-state index is 11.2. The van der Waals surface area contributed by atoms with Crippen LogP contribution in [0.5, 0.6) is 0 Å². The number of nitrogens with one attached hydrogen (secondary N) is 2. The first-order chi connectivity index (χ1) is 10.3. The normalized spacial score (nSPS) is 11.0. The summed E-state index contributed by atoms with van der Waals surface area (Å²) < 4.78 is 5.98. The van der Waals surface area contributed by atoms with Crippen LogP contribution in [0.1, 0.15) is 37.5 Å². The number of carbonyl (C=O) groups is 1. The highest BCUT2D eigenvalue weighted by Crippen LogP contribution is 2.27. The SMILES string of the molecule is CCCCc1oc2ccccc2c1CNCCC(=O)NC. The van der Waals surface area contributed by atoms with Gasteiger partial charge < -0.3 is 15.1 Å². The third-order valence-electron chi connectivity index (χ3n) is 3.65. The third kappa shape index (κ3) is 4.08. The number of aryl methyl sites for hydroxylation is 1. The van der Waals surface area contributed by atoms with Crippen LogP contribution in [0.4, 0.5) is 0 Å². The molecule has 0 fully saturated rings. The summed E-state index contributed by atoms with van der Waals surface area (Å²) in [7, 11) is 1.66. The number of hydrogen-bond donors (Lipinski definition) is 2. The van der Waals surface area contributed by atoms with Gasteiger partial charge in [0.25, 0.3) is 0 Å². The van der Waals surface area contributed by atoms with Crippen molar-refractivity contribution in [2.45, 2.75) is 39.2 Å². The van der Waals surface area contributed by atoms with E-state index >= 15 is 0 Å². The molecule has 0 aliphatic carbocycles. The number of furan rings is 1. The van der Waals surface area contributed by atoms with Gasteiger partial charge in [0.05, 0.1) is 0 Å². The van der Waals surface area contributed by atoms with Crippen molar-refractivity contribution in [1.82, 2.24) is 10.6 Å². The Morgan fingerprint density at radius 2 is 2.10 bits per heavy atom. The van der Waals surface area contributed by atoms with E-state index in [1.807, 2.05) is 18.2 Å². The maximum Gasteiger partial charge on any atom is 0.221 e. The summed E-state index contributed by atoms with van der Waals surface area (Å²) >= 11 is 0. The fourth-order valence-electron chi connectivity index (χ4n) is 2.42. The number of amides is 1. The second-order valence-electron chi connectivity index (χ2n) is 5.20. The summed E-state index contributed by atoms with van der Waals surface area (Å²) in [6.45, 7) is 3.60. The first-order valence-corrected chi connectivity index (χ1v) is 7.66. The molecule has 0 bridgehead atoms. The van der Waals surface area contributed by atoms with Crippen molar-refractivity contribution in [2.24, 2.45) is 0 Å². The van der Waals surface area contributed by atoms with Crippen LogP contribution in [0, 0.1) is 0 Å². The van der Waals surface area contributed by atoms with Crippen molar-refractivity contribution in [2.75, 3.05) is 13.6 Å². The molecule has 0 saturated heterocycles. The fourth-order valence-corrected chi connectivity index (χ4v) is 2.42. The molecule has 0 aliphatic rings. The molecule has 1 aromatic heterocycles. The van der Waals surface area contributed by atoms with Gasteiger partial charge in [-0.05, 0) is 12.5 Å². The van der Waals surface area contributed by atoms with E-state index in [1.165, 1.54) is 10.9 Å². The lowest BCUT2D eigenvalue weighted by molar-refractivity contribution is -0.120. The number of fused-ring (bicyclic) bond motifs is 1. The molecule has 0 atom stereocenters. The smallest absolute Gasteiger partial charge is 0.221 e. The predicted octanol–water partition coefficient (Wildman–Crippen LogP) is 3.00. The van der Waals surface area contributed by atoms with E-state index in [-0.39, 0.29) is 5.91 Å². The Hall–Kier alpha value is -1.81. The molecule has 0 saturated carbocycles. The minimum absolute atomic E-state index is 0.0609. The number of unbranched alkanes of at least 4 members (excludes halogenated alkanes) is 1. The largest absolute Gasteiger partial charge is 0.461 e. The van der Waals surface area contributed by atoms with Gasteiger partial charge in [0.15, 0.2) is 0 Å². The molecular weight excluding hydrogens is 264 g/mol. The van der Waals surface area contributed by atoms with E-state index in [2.05, 4.69) is 23.6 Å². The number of hydrogen-bond acceptors (Lipinski definition) is 3. The van der Waals surface area contributed by atoms with Gasteiger partial charge in [-0.3, -0.25) is 4.79 Å². The van der Waals surface area contributed by atoms with E-state index in [4.69, 9.17) is 4.42 Å². The Balaban J connectivity index is 2.06. The van der Waals surface area contributed by atoms with Gasteiger partial charge in [-0.25, -0.2) is 0 Å². The Kier molecular flexibility index (Phi) is 5.81. The molecule has 0 spiro atoms. The maximum atomic E-state index is 11.2. The zero-order valence-corrected chi connectivity index (χ0v) is 12.9. The molecule has 21 heavy (non-hydrogen) atoms. The summed E-state index contributed by atoms with van der Waals surface area (Å²) in [4.78, 5) is 11.2.